The summed E-state index contributed by atoms with van der Waals surface area (Å²) in [4.78, 5) is 0. The molecule has 86 valence electrons. The highest BCUT2D eigenvalue weighted by atomic mass is 16.2. The monoisotopic (exact) mass is 224 g/mol. The summed E-state index contributed by atoms with van der Waals surface area (Å²) in [6.45, 7) is 2.10. The summed E-state index contributed by atoms with van der Waals surface area (Å²) in [7, 11) is 0. The second kappa shape index (κ2) is 5.46. The van der Waals surface area contributed by atoms with Crippen LogP contribution in [0.3, 0.4) is 0 Å². The Bertz CT molecular complexity index is 512. The second-order valence-electron chi connectivity index (χ2n) is 3.98. The van der Waals surface area contributed by atoms with Crippen LogP contribution >= 0.6 is 0 Å². The van der Waals surface area contributed by atoms with Crippen molar-refractivity contribution in [3.63, 3.8) is 0 Å². The SMILES string of the molecule is CC(=CCO)c1ccccc1-c1ccccc1. The third kappa shape index (κ3) is 2.63. The summed E-state index contributed by atoms with van der Waals surface area (Å²) < 4.78 is 0. The van der Waals surface area contributed by atoms with Gasteiger partial charge in [0.15, 0.2) is 0 Å². The lowest BCUT2D eigenvalue weighted by Gasteiger charge is -2.10. The molecule has 0 spiro atoms. The second-order valence-corrected chi connectivity index (χ2v) is 3.98. The fourth-order valence-corrected chi connectivity index (χ4v) is 1.94. The lowest BCUT2D eigenvalue weighted by atomic mass is 9.95. The molecular weight excluding hydrogens is 208 g/mol. The van der Waals surface area contributed by atoms with Gasteiger partial charge in [-0.15, -0.1) is 0 Å². The lowest BCUT2D eigenvalue weighted by molar-refractivity contribution is 0.343. The molecule has 0 amide bonds. The van der Waals surface area contributed by atoms with Gasteiger partial charge in [-0.25, -0.2) is 0 Å². The highest BCUT2D eigenvalue weighted by molar-refractivity contribution is 5.80. The summed E-state index contributed by atoms with van der Waals surface area (Å²) in [5.74, 6) is 0. The van der Waals surface area contributed by atoms with E-state index in [-0.39, 0.29) is 6.61 Å². The first-order chi connectivity index (χ1) is 8.33. The zero-order valence-corrected chi connectivity index (χ0v) is 9.93. The van der Waals surface area contributed by atoms with Crippen molar-refractivity contribution in [2.24, 2.45) is 0 Å². The normalized spacial score (nSPS) is 11.5. The molecule has 0 fully saturated rings. The molecule has 0 aliphatic rings. The van der Waals surface area contributed by atoms with Gasteiger partial charge in [0.2, 0.25) is 0 Å². The molecule has 2 rings (SSSR count). The van der Waals surface area contributed by atoms with E-state index in [1.54, 1.807) is 0 Å². The van der Waals surface area contributed by atoms with Gasteiger partial charge in [-0.3, -0.25) is 0 Å². The Balaban J connectivity index is 2.52. The van der Waals surface area contributed by atoms with Gasteiger partial charge in [0.1, 0.15) is 0 Å². The van der Waals surface area contributed by atoms with E-state index >= 15 is 0 Å². The first-order valence-corrected chi connectivity index (χ1v) is 5.75. The Hall–Kier alpha value is -1.86. The molecule has 0 aliphatic heterocycles. The first kappa shape index (κ1) is 11.6. The Morgan fingerprint density at radius 1 is 1.00 bits per heavy atom. The molecule has 2 aromatic carbocycles. The average Bonchev–Trinajstić information content (AvgIpc) is 2.40. The van der Waals surface area contributed by atoms with Crippen LogP contribution in [-0.4, -0.2) is 11.7 Å². The fourth-order valence-electron chi connectivity index (χ4n) is 1.94. The summed E-state index contributed by atoms with van der Waals surface area (Å²) in [6.07, 6.45) is 1.84. The van der Waals surface area contributed by atoms with Crippen molar-refractivity contribution in [3.05, 3.63) is 66.2 Å². The number of aliphatic hydroxyl groups is 1. The molecule has 1 N–H and O–H groups in total. The van der Waals surface area contributed by atoms with Gasteiger partial charge >= 0.3 is 0 Å². The van der Waals surface area contributed by atoms with E-state index in [4.69, 9.17) is 5.11 Å². The number of hydrogen-bond donors (Lipinski definition) is 1. The highest BCUT2D eigenvalue weighted by Crippen LogP contribution is 2.28. The Morgan fingerprint density at radius 2 is 1.65 bits per heavy atom. The largest absolute Gasteiger partial charge is 0.392 e. The van der Waals surface area contributed by atoms with Crippen molar-refractivity contribution in [2.75, 3.05) is 6.61 Å². The maximum Gasteiger partial charge on any atom is 0.0618 e. The average molecular weight is 224 g/mol. The van der Waals surface area contributed by atoms with Gasteiger partial charge in [0, 0.05) is 0 Å². The van der Waals surface area contributed by atoms with Gasteiger partial charge < -0.3 is 5.11 Å². The summed E-state index contributed by atoms with van der Waals surface area (Å²) >= 11 is 0. The van der Waals surface area contributed by atoms with Crippen molar-refractivity contribution >= 4 is 5.57 Å². The van der Waals surface area contributed by atoms with Crippen LogP contribution < -0.4 is 0 Å². The number of allylic oxidation sites excluding steroid dienone is 1. The molecule has 0 saturated carbocycles. The molecule has 1 heteroatoms. The molecular formula is C16H16O. The van der Waals surface area contributed by atoms with Crippen LogP contribution in [0.1, 0.15) is 12.5 Å². The Morgan fingerprint density at radius 3 is 2.35 bits per heavy atom. The minimum absolute atomic E-state index is 0.0783. The predicted molar refractivity (Wildman–Crippen MR) is 72.6 cm³/mol. The van der Waals surface area contributed by atoms with Crippen LogP contribution in [0.2, 0.25) is 0 Å². The van der Waals surface area contributed by atoms with E-state index in [1.807, 2.05) is 43.3 Å². The van der Waals surface area contributed by atoms with Gasteiger partial charge in [0.25, 0.3) is 0 Å². The Labute approximate surface area is 102 Å². The summed E-state index contributed by atoms with van der Waals surface area (Å²) in [5.41, 5.74) is 4.68. The molecule has 0 bridgehead atoms. The molecule has 0 aliphatic carbocycles. The van der Waals surface area contributed by atoms with Crippen LogP contribution in [0.25, 0.3) is 16.7 Å². The maximum absolute atomic E-state index is 8.98. The number of aliphatic hydroxyl groups excluding tert-OH is 1. The van der Waals surface area contributed by atoms with E-state index in [0.29, 0.717) is 0 Å². The minimum atomic E-state index is 0.0783. The summed E-state index contributed by atoms with van der Waals surface area (Å²) in [5, 5.41) is 8.98. The van der Waals surface area contributed by atoms with Crippen molar-refractivity contribution < 1.29 is 5.11 Å². The third-order valence-corrected chi connectivity index (χ3v) is 2.83. The van der Waals surface area contributed by atoms with Crippen LogP contribution in [-0.2, 0) is 0 Å². The third-order valence-electron chi connectivity index (χ3n) is 2.83. The van der Waals surface area contributed by atoms with Gasteiger partial charge in [-0.1, -0.05) is 60.7 Å². The highest BCUT2D eigenvalue weighted by Gasteiger charge is 2.04. The van der Waals surface area contributed by atoms with E-state index in [9.17, 15) is 0 Å². The number of rotatable bonds is 3. The summed E-state index contributed by atoms with van der Waals surface area (Å²) in [6, 6.07) is 18.6. The van der Waals surface area contributed by atoms with Crippen molar-refractivity contribution in [1.82, 2.24) is 0 Å². The molecule has 0 unspecified atom stereocenters. The topological polar surface area (TPSA) is 20.2 Å². The van der Waals surface area contributed by atoms with E-state index in [2.05, 4.69) is 24.3 Å². The van der Waals surface area contributed by atoms with Crippen LogP contribution in [0.15, 0.2) is 60.7 Å². The van der Waals surface area contributed by atoms with Crippen molar-refractivity contribution in [2.45, 2.75) is 6.92 Å². The molecule has 1 nitrogen and oxygen atoms in total. The molecule has 0 aromatic heterocycles. The van der Waals surface area contributed by atoms with E-state index < -0.39 is 0 Å². The van der Waals surface area contributed by atoms with Gasteiger partial charge in [0.05, 0.1) is 6.61 Å². The van der Waals surface area contributed by atoms with Gasteiger partial charge in [-0.05, 0) is 29.2 Å². The standard InChI is InChI=1S/C16H16O/c1-13(11-12-17)15-9-5-6-10-16(15)14-7-3-2-4-8-14/h2-11,17H,12H2,1H3. The molecule has 17 heavy (non-hydrogen) atoms. The Kier molecular flexibility index (Phi) is 3.73. The predicted octanol–water partition coefficient (Wildman–Crippen LogP) is 3.75. The fraction of sp³-hybridized carbons (Fsp3) is 0.125. The van der Waals surface area contributed by atoms with Crippen molar-refractivity contribution in [3.8, 4) is 11.1 Å². The van der Waals surface area contributed by atoms with E-state index in [1.165, 1.54) is 16.7 Å². The molecule has 0 atom stereocenters. The molecule has 0 radical (unpaired) electrons. The quantitative estimate of drug-likeness (QED) is 0.841. The number of hydrogen-bond acceptors (Lipinski definition) is 1. The zero-order valence-electron chi connectivity index (χ0n) is 9.93. The van der Waals surface area contributed by atoms with Crippen LogP contribution in [0.5, 0.6) is 0 Å². The molecule has 0 saturated heterocycles. The molecule has 0 heterocycles. The minimum Gasteiger partial charge on any atom is -0.392 e. The van der Waals surface area contributed by atoms with Crippen LogP contribution in [0.4, 0.5) is 0 Å². The first-order valence-electron chi connectivity index (χ1n) is 5.75. The van der Waals surface area contributed by atoms with E-state index in [0.717, 1.165) is 5.57 Å². The zero-order chi connectivity index (χ0) is 12.1. The van der Waals surface area contributed by atoms with Crippen LogP contribution in [0, 0.1) is 0 Å². The maximum atomic E-state index is 8.98. The van der Waals surface area contributed by atoms with Gasteiger partial charge in [-0.2, -0.15) is 0 Å². The molecule has 2 aromatic rings. The number of benzene rings is 2. The lowest BCUT2D eigenvalue weighted by Crippen LogP contribution is -1.88. The smallest absolute Gasteiger partial charge is 0.0618 e. The van der Waals surface area contributed by atoms with Crippen molar-refractivity contribution in [1.29, 1.82) is 0 Å².